The highest BCUT2D eigenvalue weighted by molar-refractivity contribution is 6.31. The molecule has 2 aromatic carbocycles. The van der Waals surface area contributed by atoms with Crippen LogP contribution < -0.4 is 15.4 Å². The number of amides is 2. The summed E-state index contributed by atoms with van der Waals surface area (Å²) in [6.45, 7) is 6.20. The number of hydrogen-bond donors (Lipinski definition) is 2. The Bertz CT molecular complexity index is 841. The lowest BCUT2D eigenvalue weighted by molar-refractivity contribution is -0.123. The van der Waals surface area contributed by atoms with Crippen LogP contribution in [0, 0.1) is 6.92 Å². The number of nitrogens with zero attached hydrogens (tertiary/aromatic N) is 1. The number of hydrogen-bond acceptors (Lipinski definition) is 4. The predicted octanol–water partition coefficient (Wildman–Crippen LogP) is 3.94. The third-order valence-corrected chi connectivity index (χ3v) is 4.75. The van der Waals surface area contributed by atoms with E-state index in [0.717, 1.165) is 5.56 Å². The fourth-order valence-corrected chi connectivity index (χ4v) is 2.95. The van der Waals surface area contributed by atoms with Crippen molar-refractivity contribution in [2.45, 2.75) is 26.8 Å². The van der Waals surface area contributed by atoms with Crippen molar-refractivity contribution in [2.24, 2.45) is 0 Å². The standard InChI is InChI=1S/C21H26ClN3O3/c1-5-25(13-20(26)23-17-8-6-7-9-19(17)28-4)15(3)21(27)24-18-12-16(22)11-10-14(18)2/h6-12,15H,5,13H2,1-4H3,(H,23,26)(H,24,27). The SMILES string of the molecule is CCN(CC(=O)Nc1ccccc1OC)C(C)C(=O)Nc1cc(Cl)ccc1C. The zero-order valence-corrected chi connectivity index (χ0v) is 17.3. The van der Waals surface area contributed by atoms with Gasteiger partial charge in [0.05, 0.1) is 25.4 Å². The van der Waals surface area contributed by atoms with Crippen LogP contribution in [-0.4, -0.2) is 43.0 Å². The second kappa shape index (κ2) is 10.1. The monoisotopic (exact) mass is 403 g/mol. The molecule has 2 amide bonds. The van der Waals surface area contributed by atoms with Crippen LogP contribution in [0.3, 0.4) is 0 Å². The summed E-state index contributed by atoms with van der Waals surface area (Å²) in [4.78, 5) is 26.9. The molecule has 0 aromatic heterocycles. The Labute approximate surface area is 170 Å². The molecule has 1 unspecified atom stereocenters. The van der Waals surface area contributed by atoms with Crippen molar-refractivity contribution in [2.75, 3.05) is 30.8 Å². The number of methoxy groups -OCH3 is 1. The maximum atomic E-state index is 12.7. The van der Waals surface area contributed by atoms with Crippen LogP contribution in [0.15, 0.2) is 42.5 Å². The maximum Gasteiger partial charge on any atom is 0.241 e. The van der Waals surface area contributed by atoms with E-state index < -0.39 is 6.04 Å². The van der Waals surface area contributed by atoms with Crippen molar-refractivity contribution >= 4 is 34.8 Å². The average molecular weight is 404 g/mol. The minimum atomic E-state index is -0.494. The van der Waals surface area contributed by atoms with Gasteiger partial charge in [-0.25, -0.2) is 0 Å². The van der Waals surface area contributed by atoms with Crippen LogP contribution in [0.1, 0.15) is 19.4 Å². The quantitative estimate of drug-likeness (QED) is 0.700. The summed E-state index contributed by atoms with van der Waals surface area (Å²) in [6, 6.07) is 12.0. The smallest absolute Gasteiger partial charge is 0.241 e. The molecular weight excluding hydrogens is 378 g/mol. The largest absolute Gasteiger partial charge is 0.495 e. The van der Waals surface area contributed by atoms with Gasteiger partial charge in [0.15, 0.2) is 0 Å². The van der Waals surface area contributed by atoms with Crippen LogP contribution >= 0.6 is 11.6 Å². The lowest BCUT2D eigenvalue weighted by Crippen LogP contribution is -2.45. The zero-order valence-electron chi connectivity index (χ0n) is 16.6. The number of rotatable bonds is 8. The molecule has 1 atom stereocenters. The van der Waals surface area contributed by atoms with E-state index in [4.69, 9.17) is 16.3 Å². The zero-order chi connectivity index (χ0) is 20.7. The fourth-order valence-electron chi connectivity index (χ4n) is 2.78. The number of carbonyl (C=O) groups is 2. The minimum absolute atomic E-state index is 0.0810. The molecule has 0 radical (unpaired) electrons. The van der Waals surface area contributed by atoms with Crippen molar-refractivity contribution in [1.82, 2.24) is 4.90 Å². The summed E-state index contributed by atoms with van der Waals surface area (Å²) in [5.41, 5.74) is 2.18. The number of benzene rings is 2. The van der Waals surface area contributed by atoms with E-state index >= 15 is 0 Å². The Morgan fingerprint density at radius 1 is 1.14 bits per heavy atom. The predicted molar refractivity (Wildman–Crippen MR) is 113 cm³/mol. The van der Waals surface area contributed by atoms with Gasteiger partial charge in [-0.1, -0.05) is 36.7 Å². The Morgan fingerprint density at radius 3 is 2.54 bits per heavy atom. The molecule has 0 aliphatic rings. The first-order valence-electron chi connectivity index (χ1n) is 9.09. The maximum absolute atomic E-state index is 12.7. The van der Waals surface area contributed by atoms with Crippen LogP contribution in [0.5, 0.6) is 5.75 Å². The van der Waals surface area contributed by atoms with Crippen molar-refractivity contribution in [3.63, 3.8) is 0 Å². The summed E-state index contributed by atoms with van der Waals surface area (Å²) < 4.78 is 5.25. The molecule has 2 aromatic rings. The molecule has 7 heteroatoms. The van der Waals surface area contributed by atoms with Gasteiger partial charge in [-0.15, -0.1) is 0 Å². The normalized spacial score (nSPS) is 11.8. The molecule has 0 spiro atoms. The Kier molecular flexibility index (Phi) is 7.84. The summed E-state index contributed by atoms with van der Waals surface area (Å²) >= 11 is 6.02. The van der Waals surface area contributed by atoms with Crippen molar-refractivity contribution < 1.29 is 14.3 Å². The second-order valence-electron chi connectivity index (χ2n) is 6.44. The lowest BCUT2D eigenvalue weighted by Gasteiger charge is -2.26. The Morgan fingerprint density at radius 2 is 1.86 bits per heavy atom. The van der Waals surface area contributed by atoms with Gasteiger partial charge in [0.2, 0.25) is 11.8 Å². The molecule has 2 rings (SSSR count). The van der Waals surface area contributed by atoms with E-state index in [1.165, 1.54) is 0 Å². The summed E-state index contributed by atoms with van der Waals surface area (Å²) in [7, 11) is 1.55. The average Bonchev–Trinajstić information content (AvgIpc) is 2.68. The van der Waals surface area contributed by atoms with E-state index in [1.54, 1.807) is 43.2 Å². The van der Waals surface area contributed by atoms with Gasteiger partial charge in [0, 0.05) is 10.7 Å². The number of anilines is 2. The molecule has 0 aliphatic carbocycles. The van der Waals surface area contributed by atoms with Gasteiger partial charge in [-0.05, 0) is 50.2 Å². The third-order valence-electron chi connectivity index (χ3n) is 4.52. The number of likely N-dealkylation sites (N-methyl/N-ethyl adjacent to an activating group) is 1. The van der Waals surface area contributed by atoms with Gasteiger partial charge in [0.1, 0.15) is 5.75 Å². The first kappa shape index (κ1) is 21.7. The van der Waals surface area contributed by atoms with E-state index in [2.05, 4.69) is 10.6 Å². The molecule has 0 bridgehead atoms. The van der Waals surface area contributed by atoms with Crippen molar-refractivity contribution in [3.8, 4) is 5.75 Å². The number of para-hydroxylation sites is 2. The van der Waals surface area contributed by atoms with Gasteiger partial charge >= 0.3 is 0 Å². The Hall–Kier alpha value is -2.57. The molecular formula is C21H26ClN3O3. The number of aryl methyl sites for hydroxylation is 1. The number of carbonyl (C=O) groups excluding carboxylic acids is 2. The van der Waals surface area contributed by atoms with Crippen LogP contribution in [0.4, 0.5) is 11.4 Å². The van der Waals surface area contributed by atoms with Crippen LogP contribution in [0.2, 0.25) is 5.02 Å². The van der Waals surface area contributed by atoms with Crippen LogP contribution in [0.25, 0.3) is 0 Å². The molecule has 0 saturated heterocycles. The van der Waals surface area contributed by atoms with Gasteiger partial charge in [-0.2, -0.15) is 0 Å². The minimum Gasteiger partial charge on any atom is -0.495 e. The van der Waals surface area contributed by atoms with E-state index in [1.807, 2.05) is 32.0 Å². The molecule has 6 nitrogen and oxygen atoms in total. The topological polar surface area (TPSA) is 70.7 Å². The van der Waals surface area contributed by atoms with Gasteiger partial charge in [0.25, 0.3) is 0 Å². The van der Waals surface area contributed by atoms with Crippen LogP contribution in [-0.2, 0) is 9.59 Å². The molecule has 2 N–H and O–H groups in total. The highest BCUT2D eigenvalue weighted by atomic mass is 35.5. The first-order chi connectivity index (χ1) is 13.3. The molecule has 0 heterocycles. The number of halogens is 1. The molecule has 0 aliphatic heterocycles. The molecule has 28 heavy (non-hydrogen) atoms. The van der Waals surface area contributed by atoms with E-state index in [9.17, 15) is 9.59 Å². The number of ether oxygens (including phenoxy) is 1. The summed E-state index contributed by atoms with van der Waals surface area (Å²) in [5.74, 6) is 0.170. The molecule has 0 fully saturated rings. The van der Waals surface area contributed by atoms with Gasteiger partial charge < -0.3 is 15.4 Å². The first-order valence-corrected chi connectivity index (χ1v) is 9.47. The molecule has 150 valence electrons. The molecule has 0 saturated carbocycles. The Balaban J connectivity index is 2.01. The van der Waals surface area contributed by atoms with Crippen molar-refractivity contribution in [1.29, 1.82) is 0 Å². The van der Waals surface area contributed by atoms with E-state index in [0.29, 0.717) is 28.7 Å². The highest BCUT2D eigenvalue weighted by Crippen LogP contribution is 2.23. The number of nitrogens with one attached hydrogen (secondary N) is 2. The summed E-state index contributed by atoms with van der Waals surface area (Å²) in [5, 5.41) is 6.27. The highest BCUT2D eigenvalue weighted by Gasteiger charge is 2.23. The van der Waals surface area contributed by atoms with Gasteiger partial charge in [-0.3, -0.25) is 14.5 Å². The lowest BCUT2D eigenvalue weighted by atomic mass is 10.2. The summed E-state index contributed by atoms with van der Waals surface area (Å²) in [6.07, 6.45) is 0. The van der Waals surface area contributed by atoms with E-state index in [-0.39, 0.29) is 18.4 Å². The third kappa shape index (κ3) is 5.71. The second-order valence-corrected chi connectivity index (χ2v) is 6.87. The fraction of sp³-hybridized carbons (Fsp3) is 0.333. The van der Waals surface area contributed by atoms with Crippen molar-refractivity contribution in [3.05, 3.63) is 53.1 Å².